The number of rotatable bonds is 7. The van der Waals surface area contributed by atoms with E-state index in [1.807, 2.05) is 6.92 Å². The lowest BCUT2D eigenvalue weighted by atomic mass is 9.97. The standard InChI is InChI=1S/C13H26N2O2/c1-2-12(13(16)15-10-6-9-14)17-11-7-4-3-5-8-11/h11-12H,2-10,14H2,1H3,(H,15,16). The van der Waals surface area contributed by atoms with Crippen molar-refractivity contribution in [2.24, 2.45) is 5.73 Å². The molecule has 0 aromatic heterocycles. The largest absolute Gasteiger partial charge is 0.365 e. The SMILES string of the molecule is CCC(OC1CCCCC1)C(=O)NCCCN. The van der Waals surface area contributed by atoms with E-state index in [4.69, 9.17) is 10.5 Å². The molecule has 1 aliphatic carbocycles. The summed E-state index contributed by atoms with van der Waals surface area (Å²) in [5.41, 5.74) is 5.39. The fourth-order valence-corrected chi connectivity index (χ4v) is 2.20. The number of carbonyl (C=O) groups excluding carboxylic acids is 1. The molecule has 1 amide bonds. The first kappa shape index (κ1) is 14.5. The third kappa shape index (κ3) is 5.50. The first-order valence-corrected chi connectivity index (χ1v) is 6.91. The Morgan fingerprint density at radius 3 is 2.71 bits per heavy atom. The zero-order chi connectivity index (χ0) is 12.5. The Labute approximate surface area is 104 Å². The van der Waals surface area contributed by atoms with Gasteiger partial charge in [0.2, 0.25) is 5.91 Å². The molecule has 0 aliphatic heterocycles. The zero-order valence-electron chi connectivity index (χ0n) is 10.9. The normalized spacial score (nSPS) is 18.9. The molecule has 0 spiro atoms. The van der Waals surface area contributed by atoms with E-state index in [2.05, 4.69) is 5.32 Å². The lowest BCUT2D eigenvalue weighted by Crippen LogP contribution is -2.39. The summed E-state index contributed by atoms with van der Waals surface area (Å²) in [5.74, 6) is 0.0199. The highest BCUT2D eigenvalue weighted by Crippen LogP contribution is 2.22. The van der Waals surface area contributed by atoms with Gasteiger partial charge in [0.05, 0.1) is 6.10 Å². The van der Waals surface area contributed by atoms with E-state index in [1.165, 1.54) is 19.3 Å². The van der Waals surface area contributed by atoms with Gasteiger partial charge in [-0.2, -0.15) is 0 Å². The van der Waals surface area contributed by atoms with Gasteiger partial charge in [-0.25, -0.2) is 0 Å². The fourth-order valence-electron chi connectivity index (χ4n) is 2.20. The van der Waals surface area contributed by atoms with Crippen LogP contribution >= 0.6 is 0 Å². The summed E-state index contributed by atoms with van der Waals surface area (Å²) in [6.45, 7) is 3.26. The van der Waals surface area contributed by atoms with Crippen LogP contribution in [0, 0.1) is 0 Å². The van der Waals surface area contributed by atoms with E-state index >= 15 is 0 Å². The Bertz CT molecular complexity index is 215. The molecule has 0 aromatic carbocycles. The van der Waals surface area contributed by atoms with Crippen molar-refractivity contribution >= 4 is 5.91 Å². The van der Waals surface area contributed by atoms with E-state index in [1.54, 1.807) is 0 Å². The minimum absolute atomic E-state index is 0.0199. The molecule has 100 valence electrons. The third-order valence-corrected chi connectivity index (χ3v) is 3.25. The maximum atomic E-state index is 11.8. The molecule has 0 heterocycles. The van der Waals surface area contributed by atoms with Crippen LogP contribution in [0.1, 0.15) is 51.9 Å². The molecular formula is C13H26N2O2. The molecule has 0 aromatic rings. The maximum absolute atomic E-state index is 11.8. The molecule has 4 heteroatoms. The minimum Gasteiger partial charge on any atom is -0.365 e. The van der Waals surface area contributed by atoms with Crippen molar-refractivity contribution in [1.29, 1.82) is 0 Å². The molecule has 0 saturated heterocycles. The van der Waals surface area contributed by atoms with Crippen LogP contribution < -0.4 is 11.1 Å². The summed E-state index contributed by atoms with van der Waals surface area (Å²) in [5, 5.41) is 2.88. The van der Waals surface area contributed by atoms with E-state index in [0.717, 1.165) is 25.7 Å². The highest BCUT2D eigenvalue weighted by molar-refractivity contribution is 5.80. The maximum Gasteiger partial charge on any atom is 0.249 e. The summed E-state index contributed by atoms with van der Waals surface area (Å²) in [6, 6.07) is 0. The van der Waals surface area contributed by atoms with E-state index in [0.29, 0.717) is 13.1 Å². The van der Waals surface area contributed by atoms with Crippen molar-refractivity contribution < 1.29 is 9.53 Å². The summed E-state index contributed by atoms with van der Waals surface area (Å²) >= 11 is 0. The van der Waals surface area contributed by atoms with E-state index in [9.17, 15) is 4.79 Å². The molecule has 0 bridgehead atoms. The van der Waals surface area contributed by atoms with Crippen LogP contribution in [-0.4, -0.2) is 31.2 Å². The Balaban J connectivity index is 2.27. The summed E-state index contributed by atoms with van der Waals surface area (Å²) in [6.07, 6.45) is 7.55. The topological polar surface area (TPSA) is 64.3 Å². The average molecular weight is 242 g/mol. The third-order valence-electron chi connectivity index (χ3n) is 3.25. The van der Waals surface area contributed by atoms with Crippen LogP contribution in [0.3, 0.4) is 0 Å². The van der Waals surface area contributed by atoms with Crippen molar-refractivity contribution in [3.05, 3.63) is 0 Å². The quantitative estimate of drug-likeness (QED) is 0.666. The van der Waals surface area contributed by atoms with Crippen LogP contribution in [-0.2, 0) is 9.53 Å². The summed E-state index contributed by atoms with van der Waals surface area (Å²) in [7, 11) is 0. The molecule has 0 radical (unpaired) electrons. The predicted molar refractivity (Wildman–Crippen MR) is 68.7 cm³/mol. The van der Waals surface area contributed by atoms with Crippen LogP contribution in [0.2, 0.25) is 0 Å². The Kier molecular flexibility index (Phi) is 7.21. The smallest absolute Gasteiger partial charge is 0.249 e. The van der Waals surface area contributed by atoms with Gasteiger partial charge in [-0.1, -0.05) is 26.2 Å². The molecule has 1 unspecified atom stereocenters. The van der Waals surface area contributed by atoms with Crippen molar-refractivity contribution in [2.75, 3.05) is 13.1 Å². The van der Waals surface area contributed by atoms with Gasteiger partial charge in [0, 0.05) is 6.54 Å². The van der Waals surface area contributed by atoms with Crippen LogP contribution in [0.5, 0.6) is 0 Å². The highest BCUT2D eigenvalue weighted by Gasteiger charge is 2.22. The van der Waals surface area contributed by atoms with Gasteiger partial charge in [-0.3, -0.25) is 4.79 Å². The monoisotopic (exact) mass is 242 g/mol. The molecule has 1 saturated carbocycles. The number of hydrogen-bond donors (Lipinski definition) is 2. The van der Waals surface area contributed by atoms with Crippen LogP contribution in [0.4, 0.5) is 0 Å². The number of carbonyl (C=O) groups is 1. The van der Waals surface area contributed by atoms with Crippen molar-refractivity contribution in [1.82, 2.24) is 5.32 Å². The van der Waals surface area contributed by atoms with Gasteiger partial charge in [-0.05, 0) is 32.2 Å². The lowest BCUT2D eigenvalue weighted by molar-refractivity contribution is -0.138. The summed E-state index contributed by atoms with van der Waals surface area (Å²) < 4.78 is 5.89. The lowest BCUT2D eigenvalue weighted by Gasteiger charge is -2.26. The Morgan fingerprint density at radius 2 is 2.12 bits per heavy atom. The van der Waals surface area contributed by atoms with Crippen molar-refractivity contribution in [3.63, 3.8) is 0 Å². The number of hydrogen-bond acceptors (Lipinski definition) is 3. The first-order valence-electron chi connectivity index (χ1n) is 6.91. The first-order chi connectivity index (χ1) is 8.27. The van der Waals surface area contributed by atoms with Crippen LogP contribution in [0.25, 0.3) is 0 Å². The van der Waals surface area contributed by atoms with Crippen LogP contribution in [0.15, 0.2) is 0 Å². The zero-order valence-corrected chi connectivity index (χ0v) is 10.9. The van der Waals surface area contributed by atoms with Gasteiger partial charge in [0.1, 0.15) is 6.10 Å². The van der Waals surface area contributed by atoms with Gasteiger partial charge in [0.25, 0.3) is 0 Å². The van der Waals surface area contributed by atoms with Gasteiger partial charge in [0.15, 0.2) is 0 Å². The number of nitrogens with one attached hydrogen (secondary N) is 1. The Hall–Kier alpha value is -0.610. The molecule has 1 aliphatic rings. The number of ether oxygens (including phenoxy) is 1. The molecule has 3 N–H and O–H groups in total. The molecule has 1 atom stereocenters. The second-order valence-corrected chi connectivity index (χ2v) is 4.73. The average Bonchev–Trinajstić information content (AvgIpc) is 2.37. The molecule has 1 fully saturated rings. The van der Waals surface area contributed by atoms with E-state index < -0.39 is 0 Å². The second kappa shape index (κ2) is 8.48. The molecule has 1 rings (SSSR count). The van der Waals surface area contributed by atoms with Crippen molar-refractivity contribution in [3.8, 4) is 0 Å². The van der Waals surface area contributed by atoms with Gasteiger partial charge >= 0.3 is 0 Å². The molecular weight excluding hydrogens is 216 g/mol. The fraction of sp³-hybridized carbons (Fsp3) is 0.923. The van der Waals surface area contributed by atoms with Gasteiger partial charge < -0.3 is 15.8 Å². The highest BCUT2D eigenvalue weighted by atomic mass is 16.5. The minimum atomic E-state index is -0.282. The molecule has 17 heavy (non-hydrogen) atoms. The number of amides is 1. The summed E-state index contributed by atoms with van der Waals surface area (Å²) in [4.78, 5) is 11.8. The van der Waals surface area contributed by atoms with E-state index in [-0.39, 0.29) is 18.1 Å². The second-order valence-electron chi connectivity index (χ2n) is 4.73. The van der Waals surface area contributed by atoms with Crippen molar-refractivity contribution in [2.45, 2.75) is 64.1 Å². The van der Waals surface area contributed by atoms with Gasteiger partial charge in [-0.15, -0.1) is 0 Å². The Morgan fingerprint density at radius 1 is 1.41 bits per heavy atom. The number of nitrogens with two attached hydrogens (primary N) is 1. The molecule has 4 nitrogen and oxygen atoms in total. The predicted octanol–water partition coefficient (Wildman–Crippen LogP) is 1.58.